The highest BCUT2D eigenvalue weighted by atomic mass is 32.2. The van der Waals surface area contributed by atoms with Crippen LogP contribution in [0.15, 0.2) is 37.6 Å². The van der Waals surface area contributed by atoms with Gasteiger partial charge in [0.05, 0.1) is 17.9 Å². The molecule has 0 atom stereocenters. The number of nitrogens with one attached hydrogen (secondary N) is 1. The summed E-state index contributed by atoms with van der Waals surface area (Å²) >= 11 is 1.24. The van der Waals surface area contributed by atoms with Gasteiger partial charge in [0.1, 0.15) is 0 Å². The number of sulfonamides is 1. The number of nitrogens with two attached hydrogens (primary N) is 1. The molecule has 22 heavy (non-hydrogen) atoms. The largest absolute Gasteiger partial charge is 0.440 e. The van der Waals surface area contributed by atoms with Crippen LogP contribution in [0.1, 0.15) is 11.4 Å². The topological polar surface area (TPSA) is 124 Å². The zero-order valence-corrected chi connectivity index (χ0v) is 13.1. The second kappa shape index (κ2) is 5.55. The van der Waals surface area contributed by atoms with E-state index >= 15 is 0 Å². The number of rotatable bonds is 5. The fraction of sp³-hybridized carbons (Fsp3) is 0.167. The third kappa shape index (κ3) is 3.03. The van der Waals surface area contributed by atoms with Crippen molar-refractivity contribution in [1.29, 1.82) is 0 Å². The van der Waals surface area contributed by atoms with Crippen molar-refractivity contribution in [3.05, 3.63) is 35.0 Å². The molecule has 0 bridgehead atoms. The second-order valence-corrected chi connectivity index (χ2v) is 7.04. The van der Waals surface area contributed by atoms with Crippen LogP contribution >= 0.6 is 11.3 Å². The molecule has 3 aromatic heterocycles. The van der Waals surface area contributed by atoms with Crippen LogP contribution in [0.4, 0.5) is 5.13 Å². The van der Waals surface area contributed by atoms with Crippen molar-refractivity contribution in [2.24, 2.45) is 0 Å². The SMILES string of the molecule is Cc1cc(-c2ccc(S(=O)(=O)NCc3csc(N)n3)o2)on1. The van der Waals surface area contributed by atoms with E-state index < -0.39 is 10.0 Å². The molecular formula is C12H12N4O4S2. The van der Waals surface area contributed by atoms with Gasteiger partial charge in [-0.3, -0.25) is 0 Å². The quantitative estimate of drug-likeness (QED) is 0.725. The Bertz CT molecular complexity index is 894. The third-order valence-corrected chi connectivity index (χ3v) is 4.73. The molecule has 0 spiro atoms. The fourth-order valence-electron chi connectivity index (χ4n) is 1.72. The molecule has 0 aliphatic heterocycles. The first-order chi connectivity index (χ1) is 10.4. The molecule has 0 saturated heterocycles. The molecule has 3 aromatic rings. The van der Waals surface area contributed by atoms with E-state index in [0.717, 1.165) is 0 Å². The molecule has 0 fully saturated rings. The first-order valence-corrected chi connectivity index (χ1v) is 8.53. The van der Waals surface area contributed by atoms with Gasteiger partial charge in [0.2, 0.25) is 10.9 Å². The summed E-state index contributed by atoms with van der Waals surface area (Å²) in [7, 11) is -3.78. The van der Waals surface area contributed by atoms with E-state index in [1.54, 1.807) is 18.4 Å². The van der Waals surface area contributed by atoms with Crippen LogP contribution < -0.4 is 10.5 Å². The van der Waals surface area contributed by atoms with Crippen LogP contribution in [0.3, 0.4) is 0 Å². The van der Waals surface area contributed by atoms with Gasteiger partial charge < -0.3 is 14.7 Å². The third-order valence-electron chi connectivity index (χ3n) is 2.73. The molecule has 0 radical (unpaired) electrons. The highest BCUT2D eigenvalue weighted by Gasteiger charge is 2.20. The molecule has 3 heterocycles. The molecule has 0 unspecified atom stereocenters. The summed E-state index contributed by atoms with van der Waals surface area (Å²) in [5.74, 6) is 0.658. The van der Waals surface area contributed by atoms with Crippen LogP contribution in [0.2, 0.25) is 0 Å². The van der Waals surface area contributed by atoms with E-state index in [2.05, 4.69) is 14.9 Å². The van der Waals surface area contributed by atoms with Crippen molar-refractivity contribution < 1.29 is 17.4 Å². The maximum absolute atomic E-state index is 12.2. The number of furan rings is 1. The number of aryl methyl sites for hydroxylation is 1. The number of anilines is 1. The minimum Gasteiger partial charge on any atom is -0.440 e. The van der Waals surface area contributed by atoms with Gasteiger partial charge in [0.25, 0.3) is 10.0 Å². The molecule has 10 heteroatoms. The zero-order chi connectivity index (χ0) is 15.7. The van der Waals surface area contributed by atoms with E-state index in [1.807, 2.05) is 0 Å². The van der Waals surface area contributed by atoms with E-state index in [-0.39, 0.29) is 11.6 Å². The van der Waals surface area contributed by atoms with E-state index in [0.29, 0.717) is 28.0 Å². The number of hydrogen-bond acceptors (Lipinski definition) is 8. The van der Waals surface area contributed by atoms with Crippen LogP contribution in [-0.2, 0) is 16.6 Å². The first-order valence-electron chi connectivity index (χ1n) is 6.17. The summed E-state index contributed by atoms with van der Waals surface area (Å²) in [6.45, 7) is 1.79. The van der Waals surface area contributed by atoms with Crippen molar-refractivity contribution in [1.82, 2.24) is 14.9 Å². The first kappa shape index (κ1) is 14.8. The van der Waals surface area contributed by atoms with Crippen LogP contribution in [0.25, 0.3) is 11.5 Å². The van der Waals surface area contributed by atoms with E-state index in [9.17, 15) is 8.42 Å². The molecule has 0 aliphatic rings. The van der Waals surface area contributed by atoms with E-state index in [1.165, 1.54) is 23.5 Å². The van der Waals surface area contributed by atoms with Gasteiger partial charge in [-0.1, -0.05) is 5.16 Å². The number of nitrogen functional groups attached to an aromatic ring is 1. The van der Waals surface area contributed by atoms with E-state index in [4.69, 9.17) is 14.7 Å². The molecule has 0 aromatic carbocycles. The lowest BCUT2D eigenvalue weighted by molar-refractivity contribution is 0.397. The predicted molar refractivity (Wildman–Crippen MR) is 79.5 cm³/mol. The van der Waals surface area contributed by atoms with Crippen LogP contribution in [-0.4, -0.2) is 18.6 Å². The number of nitrogens with zero attached hydrogens (tertiary/aromatic N) is 2. The number of thiazole rings is 1. The van der Waals surface area contributed by atoms with Gasteiger partial charge in [-0.05, 0) is 19.1 Å². The average Bonchev–Trinajstić information content (AvgIpc) is 3.16. The zero-order valence-electron chi connectivity index (χ0n) is 11.4. The number of hydrogen-bond donors (Lipinski definition) is 2. The lowest BCUT2D eigenvalue weighted by atomic mass is 10.3. The molecule has 3 N–H and O–H groups in total. The van der Waals surface area contributed by atoms with Crippen LogP contribution in [0, 0.1) is 6.92 Å². The smallest absolute Gasteiger partial charge is 0.274 e. The monoisotopic (exact) mass is 340 g/mol. The molecule has 0 saturated carbocycles. The van der Waals surface area contributed by atoms with Gasteiger partial charge in [-0.25, -0.2) is 18.1 Å². The Labute approximate surface area is 130 Å². The van der Waals surface area contributed by atoms with Gasteiger partial charge in [0, 0.05) is 11.4 Å². The Balaban J connectivity index is 1.76. The van der Waals surface area contributed by atoms with Crippen molar-refractivity contribution in [3.8, 4) is 11.5 Å². The molecule has 3 rings (SSSR count). The van der Waals surface area contributed by atoms with Crippen molar-refractivity contribution in [2.75, 3.05) is 5.73 Å². The average molecular weight is 340 g/mol. The van der Waals surface area contributed by atoms with Crippen molar-refractivity contribution in [2.45, 2.75) is 18.6 Å². The highest BCUT2D eigenvalue weighted by molar-refractivity contribution is 7.89. The second-order valence-electron chi connectivity index (χ2n) is 4.45. The molecule has 8 nitrogen and oxygen atoms in total. The molecule has 0 aliphatic carbocycles. The maximum atomic E-state index is 12.2. The standard InChI is InChI=1S/C12H12N4O4S2/c1-7-4-10(20-16-7)9-2-3-11(19-9)22(17,18)14-5-8-6-21-12(13)15-8/h2-4,6,14H,5H2,1H3,(H2,13,15). The summed E-state index contributed by atoms with van der Waals surface area (Å²) < 4.78 is 37.0. The summed E-state index contributed by atoms with van der Waals surface area (Å²) in [4.78, 5) is 3.98. The maximum Gasteiger partial charge on any atom is 0.274 e. The summed E-state index contributed by atoms with van der Waals surface area (Å²) in [6.07, 6.45) is 0. The Morgan fingerprint density at radius 2 is 2.18 bits per heavy atom. The molecular weight excluding hydrogens is 328 g/mol. The lowest BCUT2D eigenvalue weighted by Gasteiger charge is -2.01. The van der Waals surface area contributed by atoms with Gasteiger partial charge >= 0.3 is 0 Å². The Kier molecular flexibility index (Phi) is 3.72. The lowest BCUT2D eigenvalue weighted by Crippen LogP contribution is -2.22. The Morgan fingerprint density at radius 3 is 2.82 bits per heavy atom. The molecule has 116 valence electrons. The normalized spacial score (nSPS) is 11.9. The Hall–Kier alpha value is -2.17. The minimum atomic E-state index is -3.78. The Morgan fingerprint density at radius 1 is 1.36 bits per heavy atom. The number of aromatic nitrogens is 2. The minimum absolute atomic E-state index is 0.0352. The summed E-state index contributed by atoms with van der Waals surface area (Å²) in [5.41, 5.74) is 6.72. The van der Waals surface area contributed by atoms with Crippen molar-refractivity contribution in [3.63, 3.8) is 0 Å². The van der Waals surface area contributed by atoms with Gasteiger partial charge in [-0.2, -0.15) is 0 Å². The highest BCUT2D eigenvalue weighted by Crippen LogP contribution is 2.25. The predicted octanol–water partition coefficient (Wildman–Crippen LogP) is 1.76. The van der Waals surface area contributed by atoms with Crippen molar-refractivity contribution >= 4 is 26.5 Å². The fourth-order valence-corrected chi connectivity index (χ4v) is 3.21. The van der Waals surface area contributed by atoms with Gasteiger partial charge in [-0.15, -0.1) is 11.3 Å². The molecule has 0 amide bonds. The van der Waals surface area contributed by atoms with Gasteiger partial charge in [0.15, 0.2) is 10.9 Å². The van der Waals surface area contributed by atoms with Crippen LogP contribution in [0.5, 0.6) is 0 Å². The summed E-state index contributed by atoms with van der Waals surface area (Å²) in [5, 5.41) is 5.58. The summed E-state index contributed by atoms with van der Waals surface area (Å²) in [6, 6.07) is 4.51.